The van der Waals surface area contributed by atoms with E-state index in [1.165, 1.54) is 0 Å². The molecule has 0 aromatic rings. The van der Waals surface area contributed by atoms with E-state index >= 15 is 0 Å². The molecule has 3 aliphatic rings. The average molecular weight is 197 g/mol. The third-order valence-corrected chi connectivity index (χ3v) is 3.04. The summed E-state index contributed by atoms with van der Waals surface area (Å²) in [5.41, 5.74) is 0. The Balaban J connectivity index is 2.06. The van der Waals surface area contributed by atoms with Crippen molar-refractivity contribution < 1.29 is 14.3 Å². The molecule has 2 atom stereocenters. The summed E-state index contributed by atoms with van der Waals surface area (Å²) in [6.45, 7) is 2.86. The van der Waals surface area contributed by atoms with Gasteiger partial charge in [-0.2, -0.15) is 0 Å². The molecule has 2 heterocycles. The fraction of sp³-hybridized carbons (Fsp3) is 0.800. The molecular weight excluding hydrogens is 182 g/mol. The Morgan fingerprint density at radius 2 is 2.36 bits per heavy atom. The molecule has 0 aromatic carbocycles. The van der Waals surface area contributed by atoms with Gasteiger partial charge in [0.05, 0.1) is 12.6 Å². The van der Waals surface area contributed by atoms with Gasteiger partial charge in [0.15, 0.2) is 5.78 Å². The predicted octanol–water partition coefficient (Wildman–Crippen LogP) is 1.20. The quantitative estimate of drug-likeness (QED) is 0.634. The lowest BCUT2D eigenvalue weighted by atomic mass is 9.79. The first kappa shape index (κ1) is 9.49. The van der Waals surface area contributed by atoms with Gasteiger partial charge in [0.25, 0.3) is 0 Å². The van der Waals surface area contributed by atoms with Crippen LogP contribution < -0.4 is 0 Å². The molecule has 4 nitrogen and oxygen atoms in total. The highest BCUT2D eigenvalue weighted by atomic mass is 16.6. The van der Waals surface area contributed by atoms with E-state index in [0.29, 0.717) is 25.5 Å². The molecule has 3 fully saturated rings. The number of Topliss-reactive ketones (excluding diaryl/α,β-unsaturated/α-hetero) is 1. The minimum Gasteiger partial charge on any atom is -0.450 e. The molecular formula is C10H15NO3. The maximum absolute atomic E-state index is 11.5. The molecule has 2 aliphatic heterocycles. The van der Waals surface area contributed by atoms with Crippen LogP contribution in [-0.2, 0) is 9.53 Å². The van der Waals surface area contributed by atoms with Crippen LogP contribution in [0.4, 0.5) is 4.79 Å². The number of carbonyl (C=O) groups is 2. The smallest absolute Gasteiger partial charge is 0.410 e. The topological polar surface area (TPSA) is 46.6 Å². The highest BCUT2D eigenvalue weighted by Crippen LogP contribution is 2.32. The van der Waals surface area contributed by atoms with Crippen molar-refractivity contribution in [2.24, 2.45) is 5.92 Å². The summed E-state index contributed by atoms with van der Waals surface area (Å²) >= 11 is 0. The van der Waals surface area contributed by atoms with Crippen molar-refractivity contribution in [3.63, 3.8) is 0 Å². The second kappa shape index (κ2) is 3.59. The number of amides is 1. The van der Waals surface area contributed by atoms with Crippen LogP contribution in [0.15, 0.2) is 0 Å². The van der Waals surface area contributed by atoms with Crippen LogP contribution in [-0.4, -0.2) is 36.0 Å². The summed E-state index contributed by atoms with van der Waals surface area (Å²) in [6.07, 6.45) is 2.23. The van der Waals surface area contributed by atoms with Gasteiger partial charge in [0, 0.05) is 13.0 Å². The SMILES string of the molecule is CCOC(=O)N1CC2CCC1C(=O)C2. The Morgan fingerprint density at radius 3 is 2.93 bits per heavy atom. The molecule has 0 N–H and O–H groups in total. The second-order valence-electron chi connectivity index (χ2n) is 3.98. The van der Waals surface area contributed by atoms with Gasteiger partial charge < -0.3 is 4.74 Å². The first-order valence-electron chi connectivity index (χ1n) is 5.18. The van der Waals surface area contributed by atoms with E-state index in [4.69, 9.17) is 4.74 Å². The number of hydrogen-bond acceptors (Lipinski definition) is 3. The van der Waals surface area contributed by atoms with Crippen molar-refractivity contribution >= 4 is 11.9 Å². The molecule has 0 radical (unpaired) electrons. The second-order valence-corrected chi connectivity index (χ2v) is 3.98. The number of piperidine rings is 2. The molecule has 1 saturated carbocycles. The van der Waals surface area contributed by atoms with Crippen LogP contribution in [0.1, 0.15) is 26.2 Å². The normalized spacial score (nSPS) is 30.6. The van der Waals surface area contributed by atoms with E-state index < -0.39 is 0 Å². The molecule has 1 aliphatic carbocycles. The minimum atomic E-state index is -0.324. The Hall–Kier alpha value is -1.06. The van der Waals surface area contributed by atoms with Gasteiger partial charge >= 0.3 is 6.09 Å². The number of hydrogen-bond donors (Lipinski definition) is 0. The van der Waals surface area contributed by atoms with E-state index in [-0.39, 0.29) is 17.9 Å². The van der Waals surface area contributed by atoms with Gasteiger partial charge in [-0.1, -0.05) is 0 Å². The molecule has 14 heavy (non-hydrogen) atoms. The summed E-state index contributed by atoms with van der Waals surface area (Å²) in [7, 11) is 0. The van der Waals surface area contributed by atoms with E-state index in [1.807, 2.05) is 0 Å². The fourth-order valence-electron chi connectivity index (χ4n) is 2.38. The standard InChI is InChI=1S/C10H15NO3/c1-2-14-10(13)11-6-7-3-4-8(11)9(12)5-7/h7-8H,2-6H2,1H3. The number of rotatable bonds is 1. The highest BCUT2D eigenvalue weighted by Gasteiger charge is 2.42. The molecule has 3 rings (SSSR count). The zero-order chi connectivity index (χ0) is 10.1. The lowest BCUT2D eigenvalue weighted by Crippen LogP contribution is -2.55. The number of carbonyl (C=O) groups excluding carboxylic acids is 2. The zero-order valence-electron chi connectivity index (χ0n) is 8.36. The van der Waals surface area contributed by atoms with E-state index in [0.717, 1.165) is 12.8 Å². The Labute approximate surface area is 83.2 Å². The molecule has 1 amide bonds. The molecule has 2 bridgehead atoms. The third kappa shape index (κ3) is 1.49. The molecule has 0 spiro atoms. The van der Waals surface area contributed by atoms with E-state index in [1.54, 1.807) is 11.8 Å². The number of fused-ring (bicyclic) bond motifs is 3. The largest absolute Gasteiger partial charge is 0.450 e. The van der Waals surface area contributed by atoms with Crippen molar-refractivity contribution in [3.05, 3.63) is 0 Å². The van der Waals surface area contributed by atoms with Crippen LogP contribution in [0.25, 0.3) is 0 Å². The summed E-state index contributed by atoms with van der Waals surface area (Å²) in [5, 5.41) is 0. The van der Waals surface area contributed by atoms with Gasteiger partial charge in [-0.3, -0.25) is 9.69 Å². The maximum atomic E-state index is 11.5. The van der Waals surface area contributed by atoms with Crippen molar-refractivity contribution in [2.75, 3.05) is 13.2 Å². The molecule has 0 aromatic heterocycles. The van der Waals surface area contributed by atoms with Gasteiger partial charge in [-0.25, -0.2) is 4.79 Å². The first-order chi connectivity index (χ1) is 6.72. The van der Waals surface area contributed by atoms with Gasteiger partial charge in [0.2, 0.25) is 0 Å². The zero-order valence-corrected chi connectivity index (χ0v) is 8.36. The monoisotopic (exact) mass is 197 g/mol. The van der Waals surface area contributed by atoms with Crippen LogP contribution in [0.5, 0.6) is 0 Å². The Kier molecular flexibility index (Phi) is 2.44. The number of nitrogens with zero attached hydrogens (tertiary/aromatic N) is 1. The van der Waals surface area contributed by atoms with Gasteiger partial charge in [0.1, 0.15) is 0 Å². The van der Waals surface area contributed by atoms with Gasteiger partial charge in [-0.15, -0.1) is 0 Å². The van der Waals surface area contributed by atoms with Crippen LogP contribution >= 0.6 is 0 Å². The minimum absolute atomic E-state index is 0.195. The summed E-state index contributed by atoms with van der Waals surface area (Å²) in [4.78, 5) is 24.6. The van der Waals surface area contributed by atoms with E-state index in [2.05, 4.69) is 0 Å². The number of ether oxygens (including phenoxy) is 1. The van der Waals surface area contributed by atoms with E-state index in [9.17, 15) is 9.59 Å². The molecule has 78 valence electrons. The Morgan fingerprint density at radius 1 is 1.57 bits per heavy atom. The molecule has 4 heteroatoms. The van der Waals surface area contributed by atoms with Crippen molar-refractivity contribution in [1.29, 1.82) is 0 Å². The first-order valence-corrected chi connectivity index (χ1v) is 5.18. The third-order valence-electron chi connectivity index (χ3n) is 3.04. The van der Waals surface area contributed by atoms with Gasteiger partial charge in [-0.05, 0) is 25.7 Å². The lowest BCUT2D eigenvalue weighted by molar-refractivity contribution is -0.131. The predicted molar refractivity (Wildman–Crippen MR) is 49.9 cm³/mol. The summed E-state index contributed by atoms with van der Waals surface area (Å²) < 4.78 is 4.92. The summed E-state index contributed by atoms with van der Waals surface area (Å²) in [6, 6.07) is -0.195. The highest BCUT2D eigenvalue weighted by molar-refractivity contribution is 5.89. The van der Waals surface area contributed by atoms with Crippen LogP contribution in [0, 0.1) is 5.92 Å². The van der Waals surface area contributed by atoms with Crippen molar-refractivity contribution in [2.45, 2.75) is 32.2 Å². The molecule has 2 saturated heterocycles. The maximum Gasteiger partial charge on any atom is 0.410 e. The lowest BCUT2D eigenvalue weighted by Gasteiger charge is -2.43. The van der Waals surface area contributed by atoms with Crippen molar-refractivity contribution in [3.8, 4) is 0 Å². The average Bonchev–Trinajstić information content (AvgIpc) is 2.18. The van der Waals surface area contributed by atoms with Crippen molar-refractivity contribution in [1.82, 2.24) is 4.90 Å². The molecule has 2 unspecified atom stereocenters. The Bertz CT molecular complexity index is 264. The van der Waals surface area contributed by atoms with Crippen LogP contribution in [0.2, 0.25) is 0 Å². The van der Waals surface area contributed by atoms with Crippen LogP contribution in [0.3, 0.4) is 0 Å². The fourth-order valence-corrected chi connectivity index (χ4v) is 2.38. The number of ketones is 1. The summed E-state index contributed by atoms with van der Waals surface area (Å²) in [5.74, 6) is 0.581.